The lowest BCUT2D eigenvalue weighted by Gasteiger charge is -2.30. The number of aromatic nitrogens is 8. The zero-order chi connectivity index (χ0) is 67.8. The normalized spacial score (nSPS) is 15.7. The number of aryl methyl sites for hydroxylation is 2. The minimum Gasteiger partial charge on any atom is -0.352 e. The number of nitrogens with one attached hydrogen (secondary N) is 8. The fourth-order valence-corrected chi connectivity index (χ4v) is 11.7. The molecule has 6 amide bonds. The highest BCUT2D eigenvalue weighted by Crippen LogP contribution is 2.41. The number of aromatic amines is 2. The number of amides is 6. The van der Waals surface area contributed by atoms with Crippen LogP contribution >= 0.6 is 0 Å². The molecule has 2 aliphatic heterocycles. The first-order chi connectivity index (χ1) is 44.7. The van der Waals surface area contributed by atoms with Gasteiger partial charge in [-0.3, -0.25) is 38.4 Å². The van der Waals surface area contributed by atoms with Crippen LogP contribution in [-0.4, -0.2) is 127 Å². The molecule has 9 rings (SSSR count). The zero-order valence-electron chi connectivity index (χ0n) is 54.8. The Labute approximate surface area is 543 Å². The summed E-state index contributed by atoms with van der Waals surface area (Å²) in [4.78, 5) is 118. The average Bonchev–Trinajstić information content (AvgIpc) is 1.60. The number of H-pyrrole nitrogens is 2. The van der Waals surface area contributed by atoms with Crippen molar-refractivity contribution in [3.05, 3.63) is 186 Å². The summed E-state index contributed by atoms with van der Waals surface area (Å²) in [7, 11) is 3.29. The number of carbonyl (C=O) groups is 6. The van der Waals surface area contributed by atoms with E-state index in [4.69, 9.17) is 0 Å². The van der Waals surface area contributed by atoms with Crippen LogP contribution < -0.4 is 52.8 Å². The molecule has 8 N–H and O–H groups in total. The maximum absolute atomic E-state index is 14.8. The molecule has 0 saturated heterocycles. The highest BCUT2D eigenvalue weighted by atomic mass is 19.1. The smallest absolute Gasteiger partial charge is 0.251 e. The van der Waals surface area contributed by atoms with Crippen LogP contribution in [-0.2, 0) is 78.4 Å². The molecule has 6 heterocycles. The van der Waals surface area contributed by atoms with Crippen LogP contribution in [0.3, 0.4) is 0 Å². The highest BCUT2D eigenvalue weighted by Gasteiger charge is 2.45. The molecular formula is C68H84F2N16O8. The molecule has 3 aromatic carbocycles. The molecule has 2 aliphatic rings. The molecule has 0 radical (unpaired) electrons. The molecular weight excluding hydrogens is 1210 g/mol. The van der Waals surface area contributed by atoms with Gasteiger partial charge in [0.05, 0.1) is 46.9 Å². The number of hydrogen-bond donors (Lipinski definition) is 8. The summed E-state index contributed by atoms with van der Waals surface area (Å²) in [5.74, 6) is -2.75. The lowest BCUT2D eigenvalue weighted by Crippen LogP contribution is -2.55. The van der Waals surface area contributed by atoms with Gasteiger partial charge in [-0.15, -0.1) is 10.2 Å². The van der Waals surface area contributed by atoms with Gasteiger partial charge in [-0.1, -0.05) is 86.7 Å². The number of pyridine rings is 2. The molecule has 0 saturated carbocycles. The van der Waals surface area contributed by atoms with Crippen LogP contribution in [0, 0.1) is 11.6 Å². The average molecular weight is 1290 g/mol. The predicted octanol–water partition coefficient (Wildman–Crippen LogP) is 4.94. The second kappa shape index (κ2) is 29.6. The van der Waals surface area contributed by atoms with Crippen molar-refractivity contribution in [2.45, 2.75) is 167 Å². The zero-order valence-corrected chi connectivity index (χ0v) is 54.8. The van der Waals surface area contributed by atoms with Crippen LogP contribution in [0.5, 0.6) is 0 Å². The number of fused-ring (bicyclic) bond motifs is 2. The van der Waals surface area contributed by atoms with Gasteiger partial charge in [-0.2, -0.15) is 0 Å². The van der Waals surface area contributed by atoms with Crippen molar-refractivity contribution in [1.82, 2.24) is 71.9 Å². The summed E-state index contributed by atoms with van der Waals surface area (Å²) >= 11 is 0. The summed E-state index contributed by atoms with van der Waals surface area (Å²) in [5, 5.41) is 35.0. The minimum atomic E-state index is -1.11. The highest BCUT2D eigenvalue weighted by molar-refractivity contribution is 6.03. The van der Waals surface area contributed by atoms with Gasteiger partial charge >= 0.3 is 0 Å². The lowest BCUT2D eigenvalue weighted by atomic mass is 9.91. The van der Waals surface area contributed by atoms with E-state index in [0.717, 1.165) is 22.3 Å². The molecule has 4 aromatic heterocycles. The maximum Gasteiger partial charge on any atom is 0.251 e. The fourth-order valence-electron chi connectivity index (χ4n) is 11.7. The van der Waals surface area contributed by atoms with E-state index in [2.05, 4.69) is 62.5 Å². The minimum absolute atomic E-state index is 0.163. The van der Waals surface area contributed by atoms with Gasteiger partial charge < -0.3 is 51.7 Å². The third kappa shape index (κ3) is 16.4. The Morgan fingerprint density at radius 3 is 1.24 bits per heavy atom. The Morgan fingerprint density at radius 2 is 0.894 bits per heavy atom. The van der Waals surface area contributed by atoms with Crippen molar-refractivity contribution in [3.8, 4) is 0 Å². The number of benzene rings is 3. The fraction of sp³-hybridized carbons (Fsp3) is 0.441. The number of carbonyl (C=O) groups excluding carboxylic acids is 6. The van der Waals surface area contributed by atoms with E-state index >= 15 is 0 Å². The second-order valence-corrected chi connectivity index (χ2v) is 25.9. The molecule has 0 spiro atoms. The number of halogens is 2. The van der Waals surface area contributed by atoms with Crippen molar-refractivity contribution in [2.75, 3.05) is 37.0 Å². The molecule has 0 fully saturated rings. The molecule has 7 aromatic rings. The molecule has 0 unspecified atom stereocenters. The van der Waals surface area contributed by atoms with Crippen LogP contribution in [0.1, 0.15) is 149 Å². The Morgan fingerprint density at radius 1 is 0.543 bits per heavy atom. The van der Waals surface area contributed by atoms with Crippen LogP contribution in [0.15, 0.2) is 107 Å². The van der Waals surface area contributed by atoms with Gasteiger partial charge in [-0.25, -0.2) is 18.1 Å². The predicted molar refractivity (Wildman–Crippen MR) is 350 cm³/mol. The van der Waals surface area contributed by atoms with Crippen molar-refractivity contribution >= 4 is 46.8 Å². The molecule has 6 atom stereocenters. The van der Waals surface area contributed by atoms with E-state index in [1.807, 2.05) is 52.0 Å². The topological polar surface area (TPSA) is 308 Å². The monoisotopic (exact) mass is 1290 g/mol. The van der Waals surface area contributed by atoms with E-state index in [1.54, 1.807) is 100 Å². The summed E-state index contributed by atoms with van der Waals surface area (Å²) in [6.07, 6.45) is 5.98. The number of rotatable bonds is 28. The largest absolute Gasteiger partial charge is 0.352 e. The van der Waals surface area contributed by atoms with Crippen LogP contribution in [0.2, 0.25) is 0 Å². The SMILES string of the molecule is CN[C@@H](C)C(=O)N[C@H](C(=O)N1CC(C)(C)c2[nH]c(=O)c(Cc3ccc(F)cc3)cc21)[C@H](C)n1cc(CCCC(=O)NCc2ccc(CNC(=O)CCCc3cn([C@@H](C)[C@H](NC(=O)[C@H](C)NC)C(=O)N4CC(C)(C)c5[nH]c(=O)c(Cc6ccc(F)cc6)cc54)nn3)cc2)nn1. The van der Waals surface area contributed by atoms with Gasteiger partial charge in [0, 0.05) is 97.6 Å². The Bertz CT molecular complexity index is 3760. The number of anilines is 2. The van der Waals surface area contributed by atoms with E-state index < -0.39 is 82.3 Å². The molecule has 0 aliphatic carbocycles. The van der Waals surface area contributed by atoms with Crippen molar-refractivity contribution in [2.24, 2.45) is 0 Å². The van der Waals surface area contributed by atoms with Crippen LogP contribution in [0.4, 0.5) is 20.2 Å². The second-order valence-electron chi connectivity index (χ2n) is 25.9. The first-order valence-corrected chi connectivity index (χ1v) is 31.7. The van der Waals surface area contributed by atoms with E-state index in [1.165, 1.54) is 33.6 Å². The molecule has 498 valence electrons. The number of hydrogen-bond acceptors (Lipinski definition) is 14. The summed E-state index contributed by atoms with van der Waals surface area (Å²) in [5.41, 5.74) is 5.45. The van der Waals surface area contributed by atoms with Crippen molar-refractivity contribution in [1.29, 1.82) is 0 Å². The third-order valence-electron chi connectivity index (χ3n) is 17.8. The van der Waals surface area contributed by atoms with Gasteiger partial charge in [-0.05, 0) is 126 Å². The Kier molecular flexibility index (Phi) is 21.7. The molecule has 26 heteroatoms. The van der Waals surface area contributed by atoms with Crippen LogP contribution in [0.25, 0.3) is 0 Å². The van der Waals surface area contributed by atoms with Crippen molar-refractivity contribution < 1.29 is 37.5 Å². The summed E-state index contributed by atoms with van der Waals surface area (Å²) < 4.78 is 30.5. The first kappa shape index (κ1) is 68.8. The van der Waals surface area contributed by atoms with Crippen molar-refractivity contribution in [3.63, 3.8) is 0 Å². The molecule has 24 nitrogen and oxygen atoms in total. The van der Waals surface area contributed by atoms with E-state index in [9.17, 15) is 47.1 Å². The van der Waals surface area contributed by atoms with Gasteiger partial charge in [0.15, 0.2) is 0 Å². The Balaban J connectivity index is 0.727. The standard InChI is InChI=1S/C68H84F2N16O8/c1-39(71-9)61(89)75-57(65(93)83-37-67(5,6)59-53(83)31-47(63(91)77-59)29-43-21-25-49(69)26-22-43)41(3)85-35-51(79-81-85)13-11-15-55(87)73-33-45-17-19-46(20-18-45)34-74-56(88)16-12-14-52-36-86(82-80-52)42(4)58(76-62(90)40(2)72-10)66(94)84-38-68(7,8)60-54(84)32-48(64(92)78-60)30-44-23-27-50(70)28-24-44/h17-28,31-32,35-36,39-42,57-58,71-72H,11-16,29-30,33-34,37-38H2,1-10H3,(H,73,87)(H,74,88)(H,75,89)(H,76,90)(H,77,91)(H,78,92)/t39-,40-,41-,42-,57-,58-/m0/s1. The quantitative estimate of drug-likeness (QED) is 0.0322. The first-order valence-electron chi connectivity index (χ1n) is 31.7. The Hall–Kier alpha value is -9.56. The number of likely N-dealkylation sites (N-methyl/N-ethyl adjacent to an activating group) is 2. The van der Waals surface area contributed by atoms with E-state index in [0.29, 0.717) is 71.0 Å². The maximum atomic E-state index is 14.8. The lowest BCUT2D eigenvalue weighted by molar-refractivity contribution is -0.129. The van der Waals surface area contributed by atoms with Gasteiger partial charge in [0.2, 0.25) is 23.6 Å². The van der Waals surface area contributed by atoms with Gasteiger partial charge in [0.25, 0.3) is 22.9 Å². The summed E-state index contributed by atoms with van der Waals surface area (Å²) in [6, 6.07) is 17.8. The number of nitrogens with zero attached hydrogens (tertiary/aromatic N) is 8. The van der Waals surface area contributed by atoms with E-state index in [-0.39, 0.29) is 74.8 Å². The summed E-state index contributed by atoms with van der Waals surface area (Å²) in [6.45, 7) is 15.6. The molecule has 94 heavy (non-hydrogen) atoms. The molecule has 0 bridgehead atoms. The third-order valence-corrected chi connectivity index (χ3v) is 17.8. The van der Waals surface area contributed by atoms with Gasteiger partial charge in [0.1, 0.15) is 23.7 Å².